The molecule has 0 spiro atoms. The van der Waals surface area contributed by atoms with E-state index in [0.717, 1.165) is 36.1 Å². The third-order valence-corrected chi connectivity index (χ3v) is 5.65. The molecule has 1 N–H and O–H groups in total. The average molecular weight is 340 g/mol. The first-order chi connectivity index (χ1) is 12.1. The van der Waals surface area contributed by atoms with Gasteiger partial charge in [-0.3, -0.25) is 4.79 Å². The molecule has 4 rings (SSSR count). The Kier molecular flexibility index (Phi) is 4.13. The second kappa shape index (κ2) is 6.32. The molecular formula is C20H24N2O3. The summed E-state index contributed by atoms with van der Waals surface area (Å²) in [6, 6.07) is 10.2. The zero-order valence-corrected chi connectivity index (χ0v) is 14.7. The van der Waals surface area contributed by atoms with Crippen LogP contribution >= 0.6 is 0 Å². The number of H-pyrrole nitrogens is 1. The average Bonchev–Trinajstić information content (AvgIpc) is 2.97. The van der Waals surface area contributed by atoms with Crippen LogP contribution in [0.1, 0.15) is 12.1 Å². The third kappa shape index (κ3) is 2.58. The van der Waals surface area contributed by atoms with Crippen LogP contribution in [0.2, 0.25) is 0 Å². The van der Waals surface area contributed by atoms with Crippen molar-refractivity contribution in [3.8, 4) is 0 Å². The lowest BCUT2D eigenvalue weighted by Crippen LogP contribution is -2.51. The number of hydrogen-bond donors (Lipinski definition) is 1. The number of methoxy groups -OCH3 is 1. The van der Waals surface area contributed by atoms with Crippen molar-refractivity contribution in [3.63, 3.8) is 0 Å². The standard InChI is InChI=1S/C20H24N2O3/c1-22-9-7-16-15(12-22)8-10-25-13-20(16,19(23)24-2)18-11-14-5-3-4-6-17(14)21-18/h3-6,8,11,16,21H,7,9-10,12-13H2,1-2H3/t16-,20+/m0/s1. The highest BCUT2D eigenvalue weighted by atomic mass is 16.5. The maximum atomic E-state index is 13.1. The number of ether oxygens (including phenoxy) is 2. The van der Waals surface area contributed by atoms with Gasteiger partial charge in [-0.05, 0) is 37.5 Å². The molecule has 0 amide bonds. The number of fused-ring (bicyclic) bond motifs is 2. The van der Waals surface area contributed by atoms with E-state index in [1.807, 2.05) is 18.2 Å². The second-order valence-electron chi connectivity index (χ2n) is 7.11. The minimum atomic E-state index is -0.822. The smallest absolute Gasteiger partial charge is 0.320 e. The van der Waals surface area contributed by atoms with Crippen molar-refractivity contribution < 1.29 is 14.3 Å². The molecule has 1 aromatic carbocycles. The number of piperidine rings is 1. The van der Waals surface area contributed by atoms with Crippen LogP contribution < -0.4 is 0 Å². The molecule has 2 aliphatic heterocycles. The van der Waals surface area contributed by atoms with E-state index >= 15 is 0 Å². The first-order valence-electron chi connectivity index (χ1n) is 8.77. The largest absolute Gasteiger partial charge is 0.468 e. The van der Waals surface area contributed by atoms with E-state index in [9.17, 15) is 4.79 Å². The molecule has 0 radical (unpaired) electrons. The Labute approximate surface area is 147 Å². The van der Waals surface area contributed by atoms with Gasteiger partial charge in [-0.15, -0.1) is 0 Å². The molecule has 1 saturated heterocycles. The second-order valence-corrected chi connectivity index (χ2v) is 7.11. The number of aromatic amines is 1. The summed E-state index contributed by atoms with van der Waals surface area (Å²) < 4.78 is 11.2. The molecule has 5 nitrogen and oxygen atoms in total. The zero-order chi connectivity index (χ0) is 17.4. The van der Waals surface area contributed by atoms with Gasteiger partial charge in [0.2, 0.25) is 0 Å². The van der Waals surface area contributed by atoms with E-state index < -0.39 is 5.41 Å². The maximum Gasteiger partial charge on any atom is 0.320 e. The van der Waals surface area contributed by atoms with Gasteiger partial charge in [0.05, 0.1) is 20.3 Å². The van der Waals surface area contributed by atoms with Gasteiger partial charge in [0.1, 0.15) is 5.41 Å². The molecule has 0 bridgehead atoms. The molecule has 1 aromatic heterocycles. The number of carbonyl (C=O) groups excluding carboxylic acids is 1. The Hall–Kier alpha value is -2.11. The highest BCUT2D eigenvalue weighted by Gasteiger charge is 2.52. The molecule has 5 heteroatoms. The minimum Gasteiger partial charge on any atom is -0.468 e. The van der Waals surface area contributed by atoms with Crippen molar-refractivity contribution in [1.82, 2.24) is 9.88 Å². The summed E-state index contributed by atoms with van der Waals surface area (Å²) in [6.45, 7) is 2.70. The number of aromatic nitrogens is 1. The Morgan fingerprint density at radius 3 is 3.04 bits per heavy atom. The van der Waals surface area contributed by atoms with Gasteiger partial charge >= 0.3 is 5.97 Å². The highest BCUT2D eigenvalue weighted by molar-refractivity contribution is 5.88. The lowest BCUT2D eigenvalue weighted by molar-refractivity contribution is -0.153. The molecule has 25 heavy (non-hydrogen) atoms. The maximum absolute atomic E-state index is 13.1. The fourth-order valence-corrected chi connectivity index (χ4v) is 4.36. The van der Waals surface area contributed by atoms with Gasteiger partial charge in [-0.25, -0.2) is 0 Å². The van der Waals surface area contributed by atoms with Crippen LogP contribution in [0.15, 0.2) is 42.0 Å². The topological polar surface area (TPSA) is 54.6 Å². The molecular weight excluding hydrogens is 316 g/mol. The van der Waals surface area contributed by atoms with Crippen molar-refractivity contribution >= 4 is 16.9 Å². The normalized spacial score (nSPS) is 27.4. The lowest BCUT2D eigenvalue weighted by atomic mass is 9.67. The van der Waals surface area contributed by atoms with Gasteiger partial charge in [0.15, 0.2) is 0 Å². The summed E-state index contributed by atoms with van der Waals surface area (Å²) in [4.78, 5) is 18.9. The van der Waals surface area contributed by atoms with Crippen LogP contribution in [0, 0.1) is 5.92 Å². The molecule has 0 saturated carbocycles. The van der Waals surface area contributed by atoms with Crippen molar-refractivity contribution in [2.75, 3.05) is 40.5 Å². The van der Waals surface area contributed by atoms with Crippen LogP contribution in [0.3, 0.4) is 0 Å². The molecule has 1 fully saturated rings. The van der Waals surface area contributed by atoms with Crippen LogP contribution in [0.25, 0.3) is 10.9 Å². The van der Waals surface area contributed by atoms with Gasteiger partial charge < -0.3 is 19.4 Å². The van der Waals surface area contributed by atoms with Gasteiger partial charge in [0, 0.05) is 23.7 Å². The highest BCUT2D eigenvalue weighted by Crippen LogP contribution is 2.44. The Balaban J connectivity index is 1.89. The van der Waals surface area contributed by atoms with E-state index in [1.165, 1.54) is 12.7 Å². The number of benzene rings is 1. The SMILES string of the molecule is COC(=O)[C@]1(c2cc3ccccc3[nH]2)COCC=C2CN(C)CC[C@@H]21. The quantitative estimate of drug-likeness (QED) is 0.674. The molecule has 0 aliphatic carbocycles. The number of para-hydroxylation sites is 1. The number of nitrogens with one attached hydrogen (secondary N) is 1. The summed E-state index contributed by atoms with van der Waals surface area (Å²) in [5.74, 6) is -0.131. The predicted octanol–water partition coefficient (Wildman–Crippen LogP) is 2.49. The van der Waals surface area contributed by atoms with E-state index in [4.69, 9.17) is 9.47 Å². The number of esters is 1. The predicted molar refractivity (Wildman–Crippen MR) is 96.5 cm³/mol. The Morgan fingerprint density at radius 2 is 2.24 bits per heavy atom. The fourth-order valence-electron chi connectivity index (χ4n) is 4.36. The van der Waals surface area contributed by atoms with E-state index in [1.54, 1.807) is 0 Å². The first kappa shape index (κ1) is 16.4. The summed E-state index contributed by atoms with van der Waals surface area (Å²) in [5.41, 5.74) is 2.37. The molecule has 0 unspecified atom stereocenters. The van der Waals surface area contributed by atoms with Crippen LogP contribution in [-0.2, 0) is 19.7 Å². The molecule has 2 atom stereocenters. The van der Waals surface area contributed by atoms with Gasteiger partial charge in [-0.2, -0.15) is 0 Å². The number of carbonyl (C=O) groups is 1. The van der Waals surface area contributed by atoms with Crippen molar-refractivity contribution in [2.24, 2.45) is 5.92 Å². The summed E-state index contributed by atoms with van der Waals surface area (Å²) in [7, 11) is 3.58. The van der Waals surface area contributed by atoms with E-state index in [2.05, 4.69) is 35.1 Å². The number of rotatable bonds is 2. The van der Waals surface area contributed by atoms with Crippen LogP contribution in [0.4, 0.5) is 0 Å². The lowest BCUT2D eigenvalue weighted by Gasteiger charge is -2.41. The summed E-state index contributed by atoms with van der Waals surface area (Å²) in [6.07, 6.45) is 3.06. The zero-order valence-electron chi connectivity index (χ0n) is 14.7. The monoisotopic (exact) mass is 340 g/mol. The fraction of sp³-hybridized carbons (Fsp3) is 0.450. The number of hydrogen-bond acceptors (Lipinski definition) is 4. The summed E-state index contributed by atoms with van der Waals surface area (Å²) in [5, 5.41) is 1.10. The number of nitrogens with zero attached hydrogens (tertiary/aromatic N) is 1. The van der Waals surface area contributed by atoms with Crippen molar-refractivity contribution in [3.05, 3.63) is 47.7 Å². The van der Waals surface area contributed by atoms with Crippen molar-refractivity contribution in [1.29, 1.82) is 0 Å². The Morgan fingerprint density at radius 1 is 1.40 bits per heavy atom. The summed E-state index contributed by atoms with van der Waals surface area (Å²) >= 11 is 0. The van der Waals surface area contributed by atoms with Crippen LogP contribution in [0.5, 0.6) is 0 Å². The third-order valence-electron chi connectivity index (χ3n) is 5.65. The number of likely N-dealkylation sites (N-methyl/N-ethyl adjacent to an activating group) is 1. The Bertz CT molecular complexity index is 792. The molecule has 3 heterocycles. The molecule has 2 aliphatic rings. The number of likely N-dealkylation sites (tertiary alicyclic amines) is 1. The van der Waals surface area contributed by atoms with Gasteiger partial charge in [0.25, 0.3) is 0 Å². The van der Waals surface area contributed by atoms with E-state index in [0.29, 0.717) is 13.2 Å². The molecule has 132 valence electrons. The van der Waals surface area contributed by atoms with Crippen molar-refractivity contribution in [2.45, 2.75) is 11.8 Å². The van der Waals surface area contributed by atoms with Crippen LogP contribution in [-0.4, -0.2) is 56.3 Å². The minimum absolute atomic E-state index is 0.0895. The first-order valence-corrected chi connectivity index (χ1v) is 8.77. The van der Waals surface area contributed by atoms with E-state index in [-0.39, 0.29) is 11.9 Å². The molecule has 2 aromatic rings. The van der Waals surface area contributed by atoms with Gasteiger partial charge in [-0.1, -0.05) is 29.8 Å².